The zero-order chi connectivity index (χ0) is 17.2. The first kappa shape index (κ1) is 22.0. The number of nitrogens with one attached hydrogen (secondary N) is 1. The summed E-state index contributed by atoms with van der Waals surface area (Å²) in [4.78, 5) is 6.62. The van der Waals surface area contributed by atoms with Crippen LogP contribution in [0, 0.1) is 0 Å². The van der Waals surface area contributed by atoms with Crippen LogP contribution in [0.1, 0.15) is 44.1 Å². The van der Waals surface area contributed by atoms with Crippen molar-refractivity contribution in [1.82, 2.24) is 10.2 Å². The molecule has 1 fully saturated rings. The van der Waals surface area contributed by atoms with Crippen molar-refractivity contribution in [1.29, 1.82) is 0 Å². The lowest BCUT2D eigenvalue weighted by Gasteiger charge is -2.17. The van der Waals surface area contributed by atoms with Crippen LogP contribution in [0.15, 0.2) is 29.3 Å². The fourth-order valence-corrected chi connectivity index (χ4v) is 2.96. The lowest BCUT2D eigenvalue weighted by Crippen LogP contribution is -2.39. The van der Waals surface area contributed by atoms with Crippen LogP contribution in [0.3, 0.4) is 0 Å². The number of rotatable bonds is 7. The van der Waals surface area contributed by atoms with Gasteiger partial charge in [0.15, 0.2) is 5.96 Å². The van der Waals surface area contributed by atoms with E-state index in [9.17, 15) is 0 Å². The van der Waals surface area contributed by atoms with Gasteiger partial charge in [-0.2, -0.15) is 0 Å². The fraction of sp³-hybridized carbons (Fsp3) is 0.632. The summed E-state index contributed by atoms with van der Waals surface area (Å²) in [5, 5.41) is 3.39. The summed E-state index contributed by atoms with van der Waals surface area (Å²) in [6, 6.07) is 8.52. The van der Waals surface area contributed by atoms with E-state index in [0.29, 0.717) is 25.2 Å². The molecule has 6 heteroatoms. The summed E-state index contributed by atoms with van der Waals surface area (Å²) in [6.07, 6.45) is 7.64. The molecule has 142 valence electrons. The number of halogens is 1. The van der Waals surface area contributed by atoms with Crippen molar-refractivity contribution < 1.29 is 4.74 Å². The second-order valence-electron chi connectivity index (χ2n) is 6.79. The van der Waals surface area contributed by atoms with E-state index in [-0.39, 0.29) is 24.0 Å². The molecule has 0 aliphatic heterocycles. The monoisotopic (exact) mass is 460 g/mol. The molecule has 1 aromatic carbocycles. The maximum Gasteiger partial charge on any atom is 0.189 e. The molecule has 1 aliphatic carbocycles. The van der Waals surface area contributed by atoms with Gasteiger partial charge in [-0.25, -0.2) is 4.99 Å². The number of nitrogens with two attached hydrogens (primary N) is 1. The molecule has 3 N–H and O–H groups in total. The molecule has 1 aliphatic rings. The average molecular weight is 460 g/mol. The quantitative estimate of drug-likeness (QED) is 0.284. The molecular formula is C19H33IN4O. The Morgan fingerprint density at radius 2 is 1.88 bits per heavy atom. The Hall–Kier alpha value is -1.02. The van der Waals surface area contributed by atoms with E-state index in [1.165, 1.54) is 38.5 Å². The summed E-state index contributed by atoms with van der Waals surface area (Å²) in [7, 11) is 4.08. The van der Waals surface area contributed by atoms with Gasteiger partial charge in [-0.15, -0.1) is 24.0 Å². The number of hydrogen-bond acceptors (Lipinski definition) is 3. The number of benzene rings is 1. The molecule has 1 aromatic rings. The molecule has 0 bridgehead atoms. The molecule has 2 rings (SSSR count). The highest BCUT2D eigenvalue weighted by Gasteiger charge is 2.12. The van der Waals surface area contributed by atoms with E-state index in [1.807, 2.05) is 38.4 Å². The van der Waals surface area contributed by atoms with E-state index < -0.39 is 0 Å². The van der Waals surface area contributed by atoms with Crippen molar-refractivity contribution in [3.63, 3.8) is 0 Å². The highest BCUT2D eigenvalue weighted by Crippen LogP contribution is 2.19. The Balaban J connectivity index is 0.00000312. The molecule has 0 aromatic heterocycles. The van der Waals surface area contributed by atoms with Gasteiger partial charge in [0.05, 0.1) is 6.54 Å². The van der Waals surface area contributed by atoms with Crippen molar-refractivity contribution in [2.75, 3.05) is 27.2 Å². The van der Waals surface area contributed by atoms with E-state index in [2.05, 4.69) is 15.2 Å². The third-order valence-corrected chi connectivity index (χ3v) is 4.40. The molecule has 0 heterocycles. The SMILES string of the molecule is CN(C)CCOc1ccccc1CN=C(N)NC1CCCCCC1.I. The van der Waals surface area contributed by atoms with Crippen LogP contribution in [-0.2, 0) is 6.54 Å². The highest BCUT2D eigenvalue weighted by molar-refractivity contribution is 14.0. The molecule has 0 atom stereocenters. The van der Waals surface area contributed by atoms with Crippen molar-refractivity contribution >= 4 is 29.9 Å². The molecule has 1 saturated carbocycles. The predicted octanol–water partition coefficient (Wildman–Crippen LogP) is 3.37. The molecule has 0 radical (unpaired) electrons. The van der Waals surface area contributed by atoms with Crippen molar-refractivity contribution in [3.05, 3.63) is 29.8 Å². The molecule has 5 nitrogen and oxygen atoms in total. The van der Waals surface area contributed by atoms with Gasteiger partial charge < -0.3 is 20.7 Å². The van der Waals surface area contributed by atoms with Crippen molar-refractivity contribution in [2.45, 2.75) is 51.1 Å². The average Bonchev–Trinajstić information content (AvgIpc) is 2.82. The molecule has 0 spiro atoms. The Morgan fingerprint density at radius 3 is 2.56 bits per heavy atom. The first-order chi connectivity index (χ1) is 11.6. The molecule has 25 heavy (non-hydrogen) atoms. The minimum absolute atomic E-state index is 0. The second kappa shape index (κ2) is 12.4. The zero-order valence-corrected chi connectivity index (χ0v) is 17.9. The maximum absolute atomic E-state index is 6.08. The summed E-state index contributed by atoms with van der Waals surface area (Å²) >= 11 is 0. The molecule has 0 saturated heterocycles. The first-order valence-electron chi connectivity index (χ1n) is 9.07. The van der Waals surface area contributed by atoms with E-state index in [1.54, 1.807) is 0 Å². The van der Waals surface area contributed by atoms with Crippen LogP contribution in [0.25, 0.3) is 0 Å². The van der Waals surface area contributed by atoms with Crippen LogP contribution >= 0.6 is 24.0 Å². The summed E-state index contributed by atoms with van der Waals surface area (Å²) in [5.41, 5.74) is 7.16. The van der Waals surface area contributed by atoms with Gasteiger partial charge in [0.2, 0.25) is 0 Å². The Morgan fingerprint density at radius 1 is 1.20 bits per heavy atom. The summed E-state index contributed by atoms with van der Waals surface area (Å²) < 4.78 is 5.87. The van der Waals surface area contributed by atoms with E-state index >= 15 is 0 Å². The fourth-order valence-electron chi connectivity index (χ4n) is 2.96. The predicted molar refractivity (Wildman–Crippen MR) is 116 cm³/mol. The number of nitrogens with zero attached hydrogens (tertiary/aromatic N) is 2. The summed E-state index contributed by atoms with van der Waals surface area (Å²) in [5.74, 6) is 1.44. The topological polar surface area (TPSA) is 62.9 Å². The van der Waals surface area contributed by atoms with E-state index in [4.69, 9.17) is 10.5 Å². The number of ether oxygens (including phenoxy) is 1. The third kappa shape index (κ3) is 8.76. The van der Waals surface area contributed by atoms with Crippen LogP contribution in [0.5, 0.6) is 5.75 Å². The van der Waals surface area contributed by atoms with Gasteiger partial charge in [-0.3, -0.25) is 0 Å². The maximum atomic E-state index is 6.08. The van der Waals surface area contributed by atoms with Crippen LogP contribution < -0.4 is 15.8 Å². The lowest BCUT2D eigenvalue weighted by atomic mass is 10.1. The van der Waals surface area contributed by atoms with Gasteiger partial charge in [-0.05, 0) is 33.0 Å². The highest BCUT2D eigenvalue weighted by atomic mass is 127. The third-order valence-electron chi connectivity index (χ3n) is 4.40. The Labute approximate surface area is 169 Å². The standard InChI is InChI=1S/C19H32N4O.HI/c1-23(2)13-14-24-18-12-8-7-9-16(18)15-21-19(20)22-17-10-5-3-4-6-11-17;/h7-9,12,17H,3-6,10-11,13-15H2,1-2H3,(H3,20,21,22);1H. The van der Waals surface area contributed by atoms with Crippen LogP contribution in [-0.4, -0.2) is 44.1 Å². The van der Waals surface area contributed by atoms with Gasteiger partial charge in [0, 0.05) is 18.2 Å². The first-order valence-corrected chi connectivity index (χ1v) is 9.07. The summed E-state index contributed by atoms with van der Waals surface area (Å²) in [6.45, 7) is 2.11. The number of hydrogen-bond donors (Lipinski definition) is 2. The van der Waals surface area contributed by atoms with E-state index in [0.717, 1.165) is 17.9 Å². The normalized spacial score (nSPS) is 16.2. The largest absolute Gasteiger partial charge is 0.492 e. The van der Waals surface area contributed by atoms with Crippen LogP contribution in [0.4, 0.5) is 0 Å². The number of aliphatic imine (C=N–C) groups is 1. The zero-order valence-electron chi connectivity index (χ0n) is 15.5. The lowest BCUT2D eigenvalue weighted by molar-refractivity contribution is 0.259. The van der Waals surface area contributed by atoms with Crippen molar-refractivity contribution in [2.24, 2.45) is 10.7 Å². The minimum Gasteiger partial charge on any atom is -0.492 e. The van der Waals surface area contributed by atoms with Gasteiger partial charge >= 0.3 is 0 Å². The molecule has 0 amide bonds. The Kier molecular flexibility index (Phi) is 10.9. The van der Waals surface area contributed by atoms with Gasteiger partial charge in [0.1, 0.15) is 12.4 Å². The van der Waals surface area contributed by atoms with Crippen molar-refractivity contribution in [3.8, 4) is 5.75 Å². The Bertz CT molecular complexity index is 514. The van der Waals surface area contributed by atoms with Gasteiger partial charge in [0.25, 0.3) is 0 Å². The minimum atomic E-state index is 0. The second-order valence-corrected chi connectivity index (χ2v) is 6.79. The van der Waals surface area contributed by atoms with Gasteiger partial charge in [-0.1, -0.05) is 43.9 Å². The number of likely N-dealkylation sites (N-methyl/N-ethyl adjacent to an activating group) is 1. The molecule has 0 unspecified atom stereocenters. The smallest absolute Gasteiger partial charge is 0.189 e. The molecular weight excluding hydrogens is 427 g/mol. The number of guanidine groups is 1. The number of para-hydroxylation sites is 1. The van der Waals surface area contributed by atoms with Crippen LogP contribution in [0.2, 0.25) is 0 Å².